The highest BCUT2D eigenvalue weighted by atomic mass is 19.1. The largest absolute Gasteiger partial charge is 0.347 e. The van der Waals surface area contributed by atoms with Gasteiger partial charge in [0.2, 0.25) is 0 Å². The first-order valence-corrected chi connectivity index (χ1v) is 9.71. The maximum absolute atomic E-state index is 13.4. The van der Waals surface area contributed by atoms with Crippen LogP contribution in [0.5, 0.6) is 0 Å². The van der Waals surface area contributed by atoms with E-state index in [-0.39, 0.29) is 17.3 Å². The quantitative estimate of drug-likeness (QED) is 0.698. The molecule has 0 radical (unpaired) electrons. The number of carbonyl (C=O) groups is 1. The molecule has 0 atom stereocenters. The molecule has 0 aliphatic heterocycles. The van der Waals surface area contributed by atoms with E-state index in [9.17, 15) is 9.18 Å². The highest BCUT2D eigenvalue weighted by Crippen LogP contribution is 2.42. The van der Waals surface area contributed by atoms with Crippen LogP contribution in [0.15, 0.2) is 48.9 Å². The van der Waals surface area contributed by atoms with E-state index in [0.717, 1.165) is 29.7 Å². The number of amides is 1. The Balaban J connectivity index is 1.84. The third-order valence-corrected chi connectivity index (χ3v) is 4.70. The van der Waals surface area contributed by atoms with Gasteiger partial charge in [-0.3, -0.25) is 4.79 Å². The van der Waals surface area contributed by atoms with E-state index in [4.69, 9.17) is 4.98 Å². The molecule has 1 fully saturated rings. The lowest BCUT2D eigenvalue weighted by Gasteiger charge is -2.21. The van der Waals surface area contributed by atoms with E-state index >= 15 is 0 Å². The Morgan fingerprint density at radius 3 is 2.45 bits per heavy atom. The fraction of sp³-hybridized carbons (Fsp3) is 0.304. The van der Waals surface area contributed by atoms with Crippen molar-refractivity contribution < 1.29 is 9.18 Å². The molecular weight excluding hydrogens is 367 g/mol. The van der Waals surface area contributed by atoms with Crippen LogP contribution in [-0.2, 0) is 0 Å². The first-order valence-electron chi connectivity index (χ1n) is 9.71. The molecule has 1 saturated carbocycles. The van der Waals surface area contributed by atoms with Gasteiger partial charge in [-0.15, -0.1) is 0 Å². The molecule has 3 aromatic rings. The van der Waals surface area contributed by atoms with Crippen molar-refractivity contribution >= 4 is 5.91 Å². The molecule has 2 aromatic heterocycles. The van der Waals surface area contributed by atoms with E-state index in [1.54, 1.807) is 36.8 Å². The maximum Gasteiger partial charge on any atom is 0.251 e. The van der Waals surface area contributed by atoms with Crippen molar-refractivity contribution in [3.63, 3.8) is 0 Å². The van der Waals surface area contributed by atoms with Crippen LogP contribution in [0.3, 0.4) is 0 Å². The summed E-state index contributed by atoms with van der Waals surface area (Å²) in [4.78, 5) is 26.3. The second-order valence-corrected chi connectivity index (χ2v) is 8.43. The zero-order chi connectivity index (χ0) is 20.6. The summed E-state index contributed by atoms with van der Waals surface area (Å²) in [5, 5.41) is 2.99. The van der Waals surface area contributed by atoms with Crippen molar-refractivity contribution in [2.45, 2.75) is 45.1 Å². The second-order valence-electron chi connectivity index (χ2n) is 8.43. The summed E-state index contributed by atoms with van der Waals surface area (Å²) in [7, 11) is 0. The molecule has 1 aliphatic rings. The number of pyridine rings is 1. The van der Waals surface area contributed by atoms with E-state index in [2.05, 4.69) is 15.3 Å². The summed E-state index contributed by atoms with van der Waals surface area (Å²) >= 11 is 0. The number of hydrogen-bond acceptors (Lipinski definition) is 4. The van der Waals surface area contributed by atoms with Gasteiger partial charge in [0.1, 0.15) is 12.1 Å². The van der Waals surface area contributed by atoms with Gasteiger partial charge in [-0.2, -0.15) is 0 Å². The smallest absolute Gasteiger partial charge is 0.251 e. The zero-order valence-electron chi connectivity index (χ0n) is 16.7. The predicted molar refractivity (Wildman–Crippen MR) is 110 cm³/mol. The Hall–Kier alpha value is -3.15. The summed E-state index contributed by atoms with van der Waals surface area (Å²) in [6.07, 6.45) is 5.50. The Labute approximate surface area is 169 Å². The molecule has 29 heavy (non-hydrogen) atoms. The minimum Gasteiger partial charge on any atom is -0.347 e. The van der Waals surface area contributed by atoms with Crippen molar-refractivity contribution in [3.8, 4) is 22.5 Å². The van der Waals surface area contributed by atoms with Gasteiger partial charge in [-0.25, -0.2) is 19.3 Å². The highest BCUT2D eigenvalue weighted by molar-refractivity contribution is 5.96. The van der Waals surface area contributed by atoms with Crippen molar-refractivity contribution in [3.05, 3.63) is 66.0 Å². The van der Waals surface area contributed by atoms with Gasteiger partial charge >= 0.3 is 0 Å². The van der Waals surface area contributed by atoms with Gasteiger partial charge < -0.3 is 5.32 Å². The summed E-state index contributed by atoms with van der Waals surface area (Å²) < 4.78 is 13.4. The molecule has 6 heteroatoms. The number of nitrogens with one attached hydrogen (secondary N) is 1. The van der Waals surface area contributed by atoms with Crippen LogP contribution >= 0.6 is 0 Å². The monoisotopic (exact) mass is 390 g/mol. The summed E-state index contributed by atoms with van der Waals surface area (Å²) in [6.45, 7) is 5.80. The first-order chi connectivity index (χ1) is 13.8. The number of aromatic nitrogens is 3. The second kappa shape index (κ2) is 7.35. The molecule has 4 rings (SSSR count). The van der Waals surface area contributed by atoms with Gasteiger partial charge in [-0.1, -0.05) is 0 Å². The Kier molecular flexibility index (Phi) is 4.86. The van der Waals surface area contributed by atoms with Gasteiger partial charge in [-0.05, 0) is 70.0 Å². The fourth-order valence-electron chi connectivity index (χ4n) is 3.20. The molecule has 0 unspecified atom stereocenters. The molecule has 5 nitrogen and oxygen atoms in total. The molecule has 1 aromatic carbocycles. The number of halogens is 1. The van der Waals surface area contributed by atoms with Crippen LogP contribution in [0, 0.1) is 5.82 Å². The molecule has 1 aliphatic carbocycles. The number of benzene rings is 1. The van der Waals surface area contributed by atoms with Crippen molar-refractivity contribution in [2.24, 2.45) is 0 Å². The van der Waals surface area contributed by atoms with Crippen LogP contribution in [0.2, 0.25) is 0 Å². The number of hydrogen-bond donors (Lipinski definition) is 1. The molecule has 1 N–H and O–H groups in total. The average Bonchev–Trinajstić information content (AvgIpc) is 3.52. The molecule has 0 saturated heterocycles. The van der Waals surface area contributed by atoms with Crippen LogP contribution < -0.4 is 5.32 Å². The molecule has 2 heterocycles. The summed E-state index contributed by atoms with van der Waals surface area (Å²) in [6, 6.07) is 9.61. The van der Waals surface area contributed by atoms with Gasteiger partial charge in [0.05, 0.1) is 17.1 Å². The molecule has 0 bridgehead atoms. The minimum absolute atomic E-state index is 0.186. The van der Waals surface area contributed by atoms with Crippen molar-refractivity contribution in [1.82, 2.24) is 20.3 Å². The lowest BCUT2D eigenvalue weighted by Crippen LogP contribution is -2.40. The van der Waals surface area contributed by atoms with E-state index in [0.29, 0.717) is 22.9 Å². The number of nitrogens with zero attached hydrogens (tertiary/aromatic N) is 3. The van der Waals surface area contributed by atoms with E-state index < -0.39 is 0 Å². The maximum atomic E-state index is 13.4. The standard InChI is InChI=1S/C23H23FN4O/c1-23(2,3)28-22(29)16-10-19(14-6-8-17(24)9-7-14)27-20(11-16)18-12-25-13-26-21(18)15-4-5-15/h6-13,15H,4-5H2,1-3H3,(H,28,29). The fourth-order valence-corrected chi connectivity index (χ4v) is 3.20. The summed E-state index contributed by atoms with van der Waals surface area (Å²) in [5.74, 6) is -0.0893. The molecule has 0 spiro atoms. The molecular formula is C23H23FN4O. The lowest BCUT2D eigenvalue weighted by molar-refractivity contribution is 0.0919. The number of rotatable bonds is 4. The summed E-state index contributed by atoms with van der Waals surface area (Å²) in [5.41, 5.74) is 3.92. The Morgan fingerprint density at radius 1 is 1.10 bits per heavy atom. The Morgan fingerprint density at radius 2 is 1.79 bits per heavy atom. The Bertz CT molecular complexity index is 1050. The third-order valence-electron chi connectivity index (χ3n) is 4.70. The SMILES string of the molecule is CC(C)(C)NC(=O)c1cc(-c2ccc(F)cc2)nc(-c2cncnc2C2CC2)c1. The predicted octanol–water partition coefficient (Wildman–Crippen LogP) is 4.75. The average molecular weight is 390 g/mol. The van der Waals surface area contributed by atoms with Crippen LogP contribution in [0.1, 0.15) is 55.6 Å². The first kappa shape index (κ1) is 19.2. The normalized spacial score (nSPS) is 13.9. The van der Waals surface area contributed by atoms with E-state index in [1.165, 1.54) is 12.1 Å². The topological polar surface area (TPSA) is 67.8 Å². The van der Waals surface area contributed by atoms with Crippen LogP contribution in [0.4, 0.5) is 4.39 Å². The van der Waals surface area contributed by atoms with Gasteiger partial charge in [0, 0.05) is 34.3 Å². The molecule has 1 amide bonds. The van der Waals surface area contributed by atoms with Crippen LogP contribution in [0.25, 0.3) is 22.5 Å². The lowest BCUT2D eigenvalue weighted by atomic mass is 10.0. The van der Waals surface area contributed by atoms with Gasteiger partial charge in [0.15, 0.2) is 0 Å². The zero-order valence-corrected chi connectivity index (χ0v) is 16.7. The van der Waals surface area contributed by atoms with Crippen molar-refractivity contribution in [1.29, 1.82) is 0 Å². The molecule has 148 valence electrons. The van der Waals surface area contributed by atoms with E-state index in [1.807, 2.05) is 20.8 Å². The van der Waals surface area contributed by atoms with Crippen molar-refractivity contribution in [2.75, 3.05) is 0 Å². The third kappa shape index (κ3) is 4.47. The van der Waals surface area contributed by atoms with Crippen LogP contribution in [-0.4, -0.2) is 26.4 Å². The minimum atomic E-state index is -0.369. The number of carbonyl (C=O) groups excluding carboxylic acids is 1. The van der Waals surface area contributed by atoms with Gasteiger partial charge in [0.25, 0.3) is 5.91 Å². The highest BCUT2D eigenvalue weighted by Gasteiger charge is 2.29.